The second-order valence-electron chi connectivity index (χ2n) is 0. The van der Waals surface area contributed by atoms with Gasteiger partial charge in [0.25, 0.3) is 0 Å². The fraction of sp³-hybridized carbons (Fsp3) is 0. The first-order valence-corrected chi connectivity index (χ1v) is 0. The van der Waals surface area contributed by atoms with Crippen LogP contribution >= 0.6 is 0 Å². The Labute approximate surface area is 44.8 Å². The molecule has 0 unspecified atom stereocenters. The molecule has 6 heavy (non-hydrogen) atoms. The predicted octanol–water partition coefficient (Wildman–Crippen LogP) is 0.760. The van der Waals surface area contributed by atoms with E-state index in [1.54, 1.807) is 0 Å². The Morgan fingerprint density at radius 2 is 0.333 bits per heavy atom. The Hall–Kier alpha value is 0.312. The van der Waals surface area contributed by atoms with Crippen LogP contribution in [0.25, 0.3) is 0 Å². The first kappa shape index (κ1) is 1830. The van der Waals surface area contributed by atoms with Crippen molar-refractivity contribution in [3.05, 3.63) is 0 Å². The van der Waals surface area contributed by atoms with Crippen molar-refractivity contribution >= 4 is 0 Å². The summed E-state index contributed by atoms with van der Waals surface area (Å²) in [5.41, 5.74) is 0. The third-order valence-electron chi connectivity index (χ3n) is 0. The van der Waals surface area contributed by atoms with Gasteiger partial charge < -0.3 is 0 Å². The van der Waals surface area contributed by atoms with Crippen LogP contribution in [0.4, 0.5) is 23.5 Å². The van der Waals surface area contributed by atoms with Crippen molar-refractivity contribution in [2.24, 2.45) is 0 Å². The molecular formula is H5F5Re. The van der Waals surface area contributed by atoms with E-state index in [1.807, 2.05) is 0 Å². The van der Waals surface area contributed by atoms with Crippen LogP contribution in [0.5, 0.6) is 0 Å². The summed E-state index contributed by atoms with van der Waals surface area (Å²) in [6.07, 6.45) is 0. The van der Waals surface area contributed by atoms with Gasteiger partial charge in [-0.1, -0.05) is 0 Å². The second-order valence-corrected chi connectivity index (χ2v) is 0. The summed E-state index contributed by atoms with van der Waals surface area (Å²) in [6, 6.07) is 0. The zero-order chi connectivity index (χ0) is 0. The van der Waals surface area contributed by atoms with Crippen molar-refractivity contribution in [3.8, 4) is 0 Å². The Kier molecular flexibility index (Phi) is 308000. The van der Waals surface area contributed by atoms with E-state index in [0.29, 0.717) is 0 Å². The van der Waals surface area contributed by atoms with E-state index in [0.717, 1.165) is 0 Å². The van der Waals surface area contributed by atoms with Crippen LogP contribution in [-0.2, 0) is 20.4 Å². The molecule has 47 valence electrons. The van der Waals surface area contributed by atoms with Crippen LogP contribution in [0.2, 0.25) is 0 Å². The fourth-order valence-corrected chi connectivity index (χ4v) is 0. The molecule has 0 aromatic heterocycles. The molecule has 0 fully saturated rings. The van der Waals surface area contributed by atoms with Crippen LogP contribution < -0.4 is 0 Å². The molecule has 0 rings (SSSR count). The summed E-state index contributed by atoms with van der Waals surface area (Å²) in [7, 11) is 0. The molecular weight excluding hydrogens is 281 g/mol. The molecule has 0 amide bonds. The minimum atomic E-state index is 0. The molecule has 6 heteroatoms. The number of hydrogen-bond donors (Lipinski definition) is 0. The maximum atomic E-state index is 0. The Bertz CT molecular complexity index is 3.90. The van der Waals surface area contributed by atoms with E-state index in [2.05, 4.69) is 0 Å². The molecule has 0 aromatic rings. The average molecular weight is 286 g/mol. The predicted molar refractivity (Wildman–Crippen MR) is 12.5 cm³/mol. The van der Waals surface area contributed by atoms with Crippen LogP contribution in [0.3, 0.4) is 0 Å². The van der Waals surface area contributed by atoms with Gasteiger partial charge in [0, 0.05) is 20.4 Å². The van der Waals surface area contributed by atoms with Crippen molar-refractivity contribution in [3.63, 3.8) is 0 Å². The monoisotopic (exact) mass is 287 g/mol. The van der Waals surface area contributed by atoms with Crippen molar-refractivity contribution in [2.45, 2.75) is 0 Å². The summed E-state index contributed by atoms with van der Waals surface area (Å²) in [5, 5.41) is 0. The number of halogens is 5. The molecule has 0 aliphatic heterocycles. The molecule has 0 saturated heterocycles. The quantitative estimate of drug-likeness (QED) is 0.577. The van der Waals surface area contributed by atoms with Gasteiger partial charge in [-0.2, -0.15) is 0 Å². The molecule has 0 heterocycles. The minimum Gasteiger partial charge on any atom is -0.269 e. The molecule has 0 spiro atoms. The van der Waals surface area contributed by atoms with Gasteiger partial charge in [-0.15, -0.1) is 0 Å². The smallest absolute Gasteiger partial charge is 0 e. The Morgan fingerprint density at radius 1 is 0.333 bits per heavy atom. The van der Waals surface area contributed by atoms with Gasteiger partial charge in [0.1, 0.15) is 0 Å². The SMILES string of the molecule is F.F.F.F.F.[Re]. The van der Waals surface area contributed by atoms with Gasteiger partial charge in [-0.25, -0.2) is 0 Å². The summed E-state index contributed by atoms with van der Waals surface area (Å²) in [6.45, 7) is 0. The topological polar surface area (TPSA) is 0 Å². The standard InChI is InChI=1S/5FH.Re/h5*1H;. The van der Waals surface area contributed by atoms with Gasteiger partial charge in [0.2, 0.25) is 0 Å². The molecule has 0 aliphatic rings. The molecule has 0 saturated carbocycles. The summed E-state index contributed by atoms with van der Waals surface area (Å²) in [5.74, 6) is 0. The van der Waals surface area contributed by atoms with Crippen LogP contribution in [-0.4, -0.2) is 0 Å². The zero-order valence-electron chi connectivity index (χ0n) is 2.42. The van der Waals surface area contributed by atoms with Crippen molar-refractivity contribution in [2.75, 3.05) is 0 Å². The van der Waals surface area contributed by atoms with Crippen LogP contribution in [0.15, 0.2) is 0 Å². The van der Waals surface area contributed by atoms with E-state index >= 15 is 0 Å². The van der Waals surface area contributed by atoms with Crippen molar-refractivity contribution in [1.29, 1.82) is 0 Å². The average Bonchev–Trinajstić information content (AvgIpc) is 0. The normalized spacial score (nSPS) is 0. The van der Waals surface area contributed by atoms with Gasteiger partial charge >= 0.3 is 0 Å². The van der Waals surface area contributed by atoms with Gasteiger partial charge in [0.15, 0.2) is 0 Å². The molecule has 0 N–H and O–H groups in total. The first-order chi connectivity index (χ1) is 0. The maximum Gasteiger partial charge on any atom is 0 e. The molecule has 0 atom stereocenters. The summed E-state index contributed by atoms with van der Waals surface area (Å²) < 4.78 is 0. The minimum absolute atomic E-state index is 0. The van der Waals surface area contributed by atoms with E-state index in [4.69, 9.17) is 0 Å². The van der Waals surface area contributed by atoms with Gasteiger partial charge in [-0.05, 0) is 0 Å². The maximum absolute atomic E-state index is 0. The fourth-order valence-electron chi connectivity index (χ4n) is 0. The molecule has 0 aliphatic carbocycles. The largest absolute Gasteiger partial charge is 0.269 e. The molecule has 0 aromatic carbocycles. The van der Waals surface area contributed by atoms with Crippen LogP contribution in [0, 0.1) is 0 Å². The third-order valence-corrected chi connectivity index (χ3v) is 0. The molecule has 0 bridgehead atoms. The first-order valence-electron chi connectivity index (χ1n) is 0. The van der Waals surface area contributed by atoms with Gasteiger partial charge in [0.05, 0.1) is 0 Å². The van der Waals surface area contributed by atoms with Crippen molar-refractivity contribution < 1.29 is 43.9 Å². The van der Waals surface area contributed by atoms with Crippen molar-refractivity contribution in [1.82, 2.24) is 0 Å². The van der Waals surface area contributed by atoms with Crippen LogP contribution in [0.1, 0.15) is 0 Å². The van der Waals surface area contributed by atoms with E-state index in [9.17, 15) is 0 Å². The zero-order valence-corrected chi connectivity index (χ0v) is 5.14. The number of rotatable bonds is 0. The summed E-state index contributed by atoms with van der Waals surface area (Å²) in [4.78, 5) is 0. The molecule has 1 radical (unpaired) electrons. The Balaban J connectivity index is 0. The van der Waals surface area contributed by atoms with E-state index in [1.165, 1.54) is 0 Å². The van der Waals surface area contributed by atoms with E-state index < -0.39 is 0 Å². The second kappa shape index (κ2) is 1010. The molecule has 0 nitrogen and oxygen atoms in total. The Morgan fingerprint density at radius 3 is 0.333 bits per heavy atom. The van der Waals surface area contributed by atoms with Gasteiger partial charge in [-0.3, -0.25) is 23.5 Å². The summed E-state index contributed by atoms with van der Waals surface area (Å²) >= 11 is 0. The van der Waals surface area contributed by atoms with E-state index in [-0.39, 0.29) is 43.9 Å². The third kappa shape index (κ3) is 485. The number of hydrogen-bond acceptors (Lipinski definition) is 0.